The van der Waals surface area contributed by atoms with Crippen molar-refractivity contribution < 1.29 is 4.79 Å². The Bertz CT molecular complexity index is 847. The summed E-state index contributed by atoms with van der Waals surface area (Å²) in [5.74, 6) is -0.139. The molecular formula is C16H14Cl2N4O. The minimum atomic E-state index is -0.139. The maximum atomic E-state index is 11.9. The zero-order chi connectivity index (χ0) is 16.2. The fourth-order valence-corrected chi connectivity index (χ4v) is 2.50. The molecule has 0 spiro atoms. The Morgan fingerprint density at radius 2 is 1.96 bits per heavy atom. The summed E-state index contributed by atoms with van der Waals surface area (Å²) >= 11 is 12.0. The van der Waals surface area contributed by atoms with E-state index in [9.17, 15) is 4.79 Å². The molecule has 1 aromatic carbocycles. The van der Waals surface area contributed by atoms with Gasteiger partial charge in [-0.2, -0.15) is 0 Å². The van der Waals surface area contributed by atoms with Gasteiger partial charge in [-0.1, -0.05) is 35.3 Å². The lowest BCUT2D eigenvalue weighted by atomic mass is 10.3. The van der Waals surface area contributed by atoms with Crippen LogP contribution in [-0.2, 0) is 11.3 Å². The zero-order valence-corrected chi connectivity index (χ0v) is 13.6. The van der Waals surface area contributed by atoms with E-state index in [1.165, 1.54) is 0 Å². The first-order valence-electron chi connectivity index (χ1n) is 7.00. The van der Waals surface area contributed by atoms with Crippen LogP contribution in [0.5, 0.6) is 0 Å². The summed E-state index contributed by atoms with van der Waals surface area (Å²) in [4.78, 5) is 16.3. The fraction of sp³-hybridized carbons (Fsp3) is 0.125. The molecule has 0 aliphatic carbocycles. The largest absolute Gasteiger partial charge is 0.375 e. The molecule has 0 aliphatic heterocycles. The van der Waals surface area contributed by atoms with E-state index >= 15 is 0 Å². The van der Waals surface area contributed by atoms with Gasteiger partial charge in [0.1, 0.15) is 5.65 Å². The van der Waals surface area contributed by atoms with Gasteiger partial charge in [-0.05, 0) is 24.3 Å². The fourth-order valence-electron chi connectivity index (χ4n) is 2.13. The minimum absolute atomic E-state index is 0.139. The second-order valence-electron chi connectivity index (χ2n) is 4.96. The molecule has 7 heteroatoms. The van der Waals surface area contributed by atoms with E-state index in [1.54, 1.807) is 18.3 Å². The van der Waals surface area contributed by atoms with Crippen molar-refractivity contribution in [3.8, 4) is 0 Å². The average molecular weight is 349 g/mol. The second-order valence-corrected chi connectivity index (χ2v) is 5.80. The molecular weight excluding hydrogens is 335 g/mol. The number of fused-ring (bicyclic) bond motifs is 1. The molecule has 0 saturated heterocycles. The van der Waals surface area contributed by atoms with E-state index in [4.69, 9.17) is 23.2 Å². The topological polar surface area (TPSA) is 58.4 Å². The smallest absolute Gasteiger partial charge is 0.239 e. The van der Waals surface area contributed by atoms with Crippen LogP contribution in [0.1, 0.15) is 5.69 Å². The molecule has 2 heterocycles. The van der Waals surface area contributed by atoms with Gasteiger partial charge in [0.25, 0.3) is 0 Å². The minimum Gasteiger partial charge on any atom is -0.375 e. The Morgan fingerprint density at radius 3 is 2.78 bits per heavy atom. The van der Waals surface area contributed by atoms with E-state index in [0.29, 0.717) is 16.6 Å². The van der Waals surface area contributed by atoms with Gasteiger partial charge in [-0.15, -0.1) is 0 Å². The van der Waals surface area contributed by atoms with Crippen molar-refractivity contribution in [2.24, 2.45) is 0 Å². The Morgan fingerprint density at radius 1 is 1.13 bits per heavy atom. The average Bonchev–Trinajstić information content (AvgIpc) is 2.94. The highest BCUT2D eigenvalue weighted by molar-refractivity contribution is 6.33. The number of carbonyl (C=O) groups is 1. The Hall–Kier alpha value is -2.24. The van der Waals surface area contributed by atoms with Crippen LogP contribution < -0.4 is 10.6 Å². The van der Waals surface area contributed by atoms with Crippen LogP contribution in [0.25, 0.3) is 5.65 Å². The zero-order valence-electron chi connectivity index (χ0n) is 12.1. The van der Waals surface area contributed by atoms with Crippen molar-refractivity contribution in [3.05, 3.63) is 64.5 Å². The SMILES string of the molecule is O=C(CNc1ccccc1Cl)NCc1cn2cc(Cl)ccc2n1. The lowest BCUT2D eigenvalue weighted by Gasteiger charge is -2.08. The van der Waals surface area contributed by atoms with Gasteiger partial charge in [0.05, 0.1) is 34.5 Å². The Balaban J connectivity index is 1.54. The van der Waals surface area contributed by atoms with Crippen molar-refractivity contribution in [2.45, 2.75) is 6.54 Å². The number of aromatic nitrogens is 2. The number of hydrogen-bond donors (Lipinski definition) is 2. The molecule has 3 aromatic rings. The van der Waals surface area contributed by atoms with Crippen molar-refractivity contribution in [3.63, 3.8) is 0 Å². The highest BCUT2D eigenvalue weighted by atomic mass is 35.5. The molecule has 0 unspecified atom stereocenters. The number of para-hydroxylation sites is 1. The lowest BCUT2D eigenvalue weighted by molar-refractivity contribution is -0.119. The molecule has 0 saturated carbocycles. The molecule has 23 heavy (non-hydrogen) atoms. The lowest BCUT2D eigenvalue weighted by Crippen LogP contribution is -2.29. The molecule has 1 amide bonds. The summed E-state index contributed by atoms with van der Waals surface area (Å²) in [6, 6.07) is 10.9. The molecule has 0 bridgehead atoms. The predicted octanol–water partition coefficient (Wildman–Crippen LogP) is 3.37. The van der Waals surface area contributed by atoms with Crippen LogP contribution in [0, 0.1) is 0 Å². The van der Waals surface area contributed by atoms with Gasteiger partial charge in [0, 0.05) is 12.4 Å². The number of amides is 1. The first kappa shape index (κ1) is 15.6. The summed E-state index contributed by atoms with van der Waals surface area (Å²) in [6.07, 6.45) is 3.61. The number of benzene rings is 1. The Labute approximate surface area is 143 Å². The molecule has 2 aromatic heterocycles. The number of nitrogens with zero attached hydrogens (tertiary/aromatic N) is 2. The first-order valence-corrected chi connectivity index (χ1v) is 7.75. The van der Waals surface area contributed by atoms with Crippen molar-refractivity contribution >= 4 is 40.4 Å². The van der Waals surface area contributed by atoms with Crippen LogP contribution in [0.3, 0.4) is 0 Å². The van der Waals surface area contributed by atoms with E-state index in [2.05, 4.69) is 15.6 Å². The van der Waals surface area contributed by atoms with Gasteiger partial charge in [0.15, 0.2) is 0 Å². The maximum Gasteiger partial charge on any atom is 0.239 e. The van der Waals surface area contributed by atoms with Crippen molar-refractivity contribution in [1.29, 1.82) is 0 Å². The van der Waals surface area contributed by atoms with Crippen LogP contribution in [-0.4, -0.2) is 21.8 Å². The monoisotopic (exact) mass is 348 g/mol. The van der Waals surface area contributed by atoms with Crippen LogP contribution >= 0.6 is 23.2 Å². The van der Waals surface area contributed by atoms with Crippen molar-refractivity contribution in [1.82, 2.24) is 14.7 Å². The summed E-state index contributed by atoms with van der Waals surface area (Å²) in [7, 11) is 0. The van der Waals surface area contributed by atoms with E-state index in [-0.39, 0.29) is 12.5 Å². The number of imidazole rings is 1. The highest BCUT2D eigenvalue weighted by Gasteiger charge is 2.06. The van der Waals surface area contributed by atoms with Gasteiger partial charge in [-0.25, -0.2) is 4.98 Å². The summed E-state index contributed by atoms with van der Waals surface area (Å²) in [5, 5.41) is 7.02. The van der Waals surface area contributed by atoms with Crippen LogP contribution in [0.15, 0.2) is 48.8 Å². The number of hydrogen-bond acceptors (Lipinski definition) is 3. The number of nitrogens with one attached hydrogen (secondary N) is 2. The van der Waals surface area contributed by atoms with E-state index < -0.39 is 0 Å². The Kier molecular flexibility index (Phi) is 4.69. The summed E-state index contributed by atoms with van der Waals surface area (Å²) in [5.41, 5.74) is 2.28. The second kappa shape index (κ2) is 6.89. The van der Waals surface area contributed by atoms with Crippen LogP contribution in [0.4, 0.5) is 5.69 Å². The molecule has 3 rings (SSSR count). The quantitative estimate of drug-likeness (QED) is 0.743. The van der Waals surface area contributed by atoms with Gasteiger partial charge in [-0.3, -0.25) is 4.79 Å². The molecule has 5 nitrogen and oxygen atoms in total. The van der Waals surface area contributed by atoms with Gasteiger partial charge < -0.3 is 15.0 Å². The molecule has 118 valence electrons. The predicted molar refractivity (Wildman–Crippen MR) is 92.0 cm³/mol. The number of anilines is 1. The maximum absolute atomic E-state index is 11.9. The third-order valence-corrected chi connectivity index (χ3v) is 3.80. The summed E-state index contributed by atoms with van der Waals surface area (Å²) in [6.45, 7) is 0.491. The van der Waals surface area contributed by atoms with Crippen molar-refractivity contribution in [2.75, 3.05) is 11.9 Å². The van der Waals surface area contributed by atoms with E-state index in [1.807, 2.05) is 34.9 Å². The summed E-state index contributed by atoms with van der Waals surface area (Å²) < 4.78 is 1.83. The number of rotatable bonds is 5. The third kappa shape index (κ3) is 3.94. The number of pyridine rings is 1. The normalized spacial score (nSPS) is 10.7. The molecule has 2 N–H and O–H groups in total. The molecule has 0 aliphatic rings. The number of halogens is 2. The van der Waals surface area contributed by atoms with Crippen LogP contribution in [0.2, 0.25) is 10.0 Å². The molecule has 0 fully saturated rings. The highest BCUT2D eigenvalue weighted by Crippen LogP contribution is 2.19. The van der Waals surface area contributed by atoms with E-state index in [0.717, 1.165) is 17.0 Å². The van der Waals surface area contributed by atoms with Gasteiger partial charge >= 0.3 is 0 Å². The van der Waals surface area contributed by atoms with Gasteiger partial charge in [0.2, 0.25) is 5.91 Å². The standard InChI is InChI=1S/C16H14Cl2N4O/c17-11-5-6-15-21-12(10-22(15)9-11)7-20-16(23)8-19-14-4-2-1-3-13(14)18/h1-6,9-10,19H,7-8H2,(H,20,23). The first-order chi connectivity index (χ1) is 11.1. The molecule has 0 atom stereocenters. The third-order valence-electron chi connectivity index (χ3n) is 3.24. The number of carbonyl (C=O) groups excluding carboxylic acids is 1. The molecule has 0 radical (unpaired) electrons.